The Morgan fingerprint density at radius 2 is 1.73 bits per heavy atom. The van der Waals surface area contributed by atoms with Crippen LogP contribution in [-0.2, 0) is 6.18 Å². The number of nitrogens with zero attached hydrogens (tertiary/aromatic N) is 3. The van der Waals surface area contributed by atoms with Crippen molar-refractivity contribution in [3.05, 3.63) is 71.2 Å². The minimum atomic E-state index is -4.46. The standard InChI is InChI=1S/C18H14F3N3O2/c1-11-3-6-14(7-4-11)26-17(25)15-10-23-24(12(15)2)16-8-5-13(9-22-16)18(19,20)21/h3-10H,1-2H3. The van der Waals surface area contributed by atoms with E-state index in [1.54, 1.807) is 19.1 Å². The molecule has 5 nitrogen and oxygen atoms in total. The van der Waals surface area contributed by atoms with Crippen molar-refractivity contribution in [3.8, 4) is 11.6 Å². The Kier molecular flexibility index (Phi) is 4.50. The first-order valence-electron chi connectivity index (χ1n) is 7.63. The van der Waals surface area contributed by atoms with Gasteiger partial charge in [0.2, 0.25) is 0 Å². The molecule has 134 valence electrons. The summed E-state index contributed by atoms with van der Waals surface area (Å²) in [5, 5.41) is 4.03. The predicted octanol–water partition coefficient (Wildman–Crippen LogP) is 4.12. The average Bonchev–Trinajstić information content (AvgIpc) is 2.98. The van der Waals surface area contributed by atoms with Gasteiger partial charge in [-0.25, -0.2) is 14.5 Å². The maximum Gasteiger partial charge on any atom is 0.417 e. The zero-order chi connectivity index (χ0) is 18.9. The van der Waals surface area contributed by atoms with Crippen LogP contribution in [-0.4, -0.2) is 20.7 Å². The van der Waals surface area contributed by atoms with Gasteiger partial charge in [0, 0.05) is 6.20 Å². The second-order valence-corrected chi connectivity index (χ2v) is 5.66. The fourth-order valence-electron chi connectivity index (χ4n) is 2.29. The van der Waals surface area contributed by atoms with E-state index in [1.807, 2.05) is 19.1 Å². The number of benzene rings is 1. The lowest BCUT2D eigenvalue weighted by atomic mass is 10.2. The number of ether oxygens (including phenoxy) is 1. The molecule has 0 spiro atoms. The molecule has 26 heavy (non-hydrogen) atoms. The van der Waals surface area contributed by atoms with Crippen molar-refractivity contribution in [3.63, 3.8) is 0 Å². The van der Waals surface area contributed by atoms with E-state index in [4.69, 9.17) is 4.74 Å². The Balaban J connectivity index is 1.83. The van der Waals surface area contributed by atoms with Gasteiger partial charge < -0.3 is 4.74 Å². The summed E-state index contributed by atoms with van der Waals surface area (Å²) in [6, 6.07) is 9.07. The fourth-order valence-corrected chi connectivity index (χ4v) is 2.29. The first-order valence-corrected chi connectivity index (χ1v) is 7.63. The molecule has 0 aliphatic heterocycles. The molecule has 8 heteroatoms. The number of halogens is 3. The summed E-state index contributed by atoms with van der Waals surface area (Å²) in [7, 11) is 0. The minimum absolute atomic E-state index is 0.171. The van der Waals surface area contributed by atoms with E-state index in [2.05, 4.69) is 10.1 Å². The van der Waals surface area contributed by atoms with Crippen LogP contribution in [0.25, 0.3) is 5.82 Å². The minimum Gasteiger partial charge on any atom is -0.423 e. The van der Waals surface area contributed by atoms with Gasteiger partial charge in [0.15, 0.2) is 5.82 Å². The summed E-state index contributed by atoms with van der Waals surface area (Å²) in [6.07, 6.45) is -2.44. The third-order valence-corrected chi connectivity index (χ3v) is 3.75. The van der Waals surface area contributed by atoms with Crippen LogP contribution in [0, 0.1) is 13.8 Å². The molecule has 3 rings (SSSR count). The van der Waals surface area contributed by atoms with Crippen molar-refractivity contribution < 1.29 is 22.7 Å². The van der Waals surface area contributed by atoms with Crippen LogP contribution in [0.15, 0.2) is 48.8 Å². The van der Waals surface area contributed by atoms with Gasteiger partial charge in [-0.2, -0.15) is 18.3 Å². The molecular formula is C18H14F3N3O2. The molecule has 0 aliphatic carbocycles. The molecule has 0 atom stereocenters. The average molecular weight is 361 g/mol. The SMILES string of the molecule is Cc1ccc(OC(=O)c2cnn(-c3ccc(C(F)(F)F)cn3)c2C)cc1. The topological polar surface area (TPSA) is 57.0 Å². The van der Waals surface area contributed by atoms with E-state index in [-0.39, 0.29) is 11.4 Å². The fraction of sp³-hybridized carbons (Fsp3) is 0.167. The highest BCUT2D eigenvalue weighted by Crippen LogP contribution is 2.29. The van der Waals surface area contributed by atoms with Crippen molar-refractivity contribution >= 4 is 5.97 Å². The number of hydrogen-bond donors (Lipinski definition) is 0. The van der Waals surface area contributed by atoms with Crippen LogP contribution in [0.2, 0.25) is 0 Å². The highest BCUT2D eigenvalue weighted by Gasteiger charge is 2.30. The number of carbonyl (C=O) groups excluding carboxylic acids is 1. The number of esters is 1. The summed E-state index contributed by atoms with van der Waals surface area (Å²) in [4.78, 5) is 16.1. The number of alkyl halides is 3. The molecule has 0 amide bonds. The van der Waals surface area contributed by atoms with Crippen LogP contribution < -0.4 is 4.74 Å². The van der Waals surface area contributed by atoms with E-state index < -0.39 is 17.7 Å². The van der Waals surface area contributed by atoms with Crippen LogP contribution in [0.5, 0.6) is 5.75 Å². The van der Waals surface area contributed by atoms with Gasteiger partial charge in [-0.3, -0.25) is 0 Å². The summed E-state index contributed by atoms with van der Waals surface area (Å²) in [5.41, 5.74) is 0.786. The smallest absolute Gasteiger partial charge is 0.417 e. The van der Waals surface area contributed by atoms with E-state index in [0.717, 1.165) is 17.8 Å². The molecule has 0 radical (unpaired) electrons. The van der Waals surface area contributed by atoms with E-state index in [1.165, 1.54) is 16.9 Å². The van der Waals surface area contributed by atoms with Crippen LogP contribution in [0.1, 0.15) is 27.2 Å². The zero-order valence-electron chi connectivity index (χ0n) is 13.9. The number of pyridine rings is 1. The first kappa shape index (κ1) is 17.7. The maximum atomic E-state index is 12.6. The Morgan fingerprint density at radius 3 is 2.31 bits per heavy atom. The van der Waals surface area contributed by atoms with Crippen molar-refractivity contribution in [1.29, 1.82) is 0 Å². The van der Waals surface area contributed by atoms with Crippen molar-refractivity contribution in [2.24, 2.45) is 0 Å². The van der Waals surface area contributed by atoms with Crippen LogP contribution in [0.3, 0.4) is 0 Å². The molecule has 0 unspecified atom stereocenters. The van der Waals surface area contributed by atoms with Gasteiger partial charge >= 0.3 is 12.1 Å². The normalized spacial score (nSPS) is 11.4. The molecule has 2 heterocycles. The van der Waals surface area contributed by atoms with Gasteiger partial charge in [0.25, 0.3) is 0 Å². The monoisotopic (exact) mass is 361 g/mol. The van der Waals surface area contributed by atoms with Crippen molar-refractivity contribution in [2.75, 3.05) is 0 Å². The molecule has 1 aromatic carbocycles. The molecule has 0 saturated carbocycles. The Labute approximate surface area is 147 Å². The van der Waals surface area contributed by atoms with E-state index in [0.29, 0.717) is 11.4 Å². The number of aromatic nitrogens is 3. The van der Waals surface area contributed by atoms with E-state index in [9.17, 15) is 18.0 Å². The molecule has 0 saturated heterocycles. The number of carbonyl (C=O) groups is 1. The number of hydrogen-bond acceptors (Lipinski definition) is 4. The summed E-state index contributed by atoms with van der Waals surface area (Å²) in [5.74, 6) is -0.0465. The predicted molar refractivity (Wildman–Crippen MR) is 87.2 cm³/mol. The zero-order valence-corrected chi connectivity index (χ0v) is 13.9. The third kappa shape index (κ3) is 3.58. The Bertz CT molecular complexity index is 930. The van der Waals surface area contributed by atoms with Gasteiger partial charge in [-0.15, -0.1) is 0 Å². The molecule has 0 fully saturated rings. The van der Waals surface area contributed by atoms with Crippen molar-refractivity contribution in [2.45, 2.75) is 20.0 Å². The first-order chi connectivity index (χ1) is 12.3. The van der Waals surface area contributed by atoms with Crippen LogP contribution >= 0.6 is 0 Å². The Morgan fingerprint density at radius 1 is 1.04 bits per heavy atom. The van der Waals surface area contributed by atoms with Gasteiger partial charge in [-0.1, -0.05) is 17.7 Å². The lowest BCUT2D eigenvalue weighted by Crippen LogP contribution is -2.11. The highest BCUT2D eigenvalue weighted by molar-refractivity contribution is 5.92. The molecule has 3 aromatic rings. The lowest BCUT2D eigenvalue weighted by Gasteiger charge is -2.08. The highest BCUT2D eigenvalue weighted by atomic mass is 19.4. The van der Waals surface area contributed by atoms with Gasteiger partial charge in [0.05, 0.1) is 17.5 Å². The molecule has 2 aromatic heterocycles. The summed E-state index contributed by atoms with van der Waals surface area (Å²) >= 11 is 0. The second-order valence-electron chi connectivity index (χ2n) is 5.66. The second kappa shape index (κ2) is 6.62. The van der Waals surface area contributed by atoms with Gasteiger partial charge in [-0.05, 0) is 38.1 Å². The van der Waals surface area contributed by atoms with Gasteiger partial charge in [0.1, 0.15) is 11.3 Å². The quantitative estimate of drug-likeness (QED) is 0.520. The molecule has 0 bridgehead atoms. The maximum absolute atomic E-state index is 12.6. The summed E-state index contributed by atoms with van der Waals surface area (Å²) in [6.45, 7) is 3.52. The molecule has 0 aliphatic rings. The molecule has 0 N–H and O–H groups in total. The third-order valence-electron chi connectivity index (χ3n) is 3.75. The van der Waals surface area contributed by atoms with E-state index >= 15 is 0 Å². The van der Waals surface area contributed by atoms with Crippen LogP contribution in [0.4, 0.5) is 13.2 Å². The van der Waals surface area contributed by atoms with Crippen molar-refractivity contribution in [1.82, 2.24) is 14.8 Å². The Hall–Kier alpha value is -3.16. The largest absolute Gasteiger partial charge is 0.423 e. The number of rotatable bonds is 3. The summed E-state index contributed by atoms with van der Waals surface area (Å²) < 4.78 is 44.4. The number of aryl methyl sites for hydroxylation is 1. The molecular weight excluding hydrogens is 347 g/mol. The lowest BCUT2D eigenvalue weighted by molar-refractivity contribution is -0.137.